The van der Waals surface area contributed by atoms with Crippen molar-refractivity contribution in [3.63, 3.8) is 0 Å². The molecule has 5 rings (SSSR count). The number of carboxylic acid groups (broad SMARTS) is 1. The highest BCUT2D eigenvalue weighted by atomic mass is 32.2. The first-order valence-electron chi connectivity index (χ1n) is 9.86. The number of nitrogens with one attached hydrogen (secondary N) is 1. The number of amides is 2. The minimum absolute atomic E-state index is 0.0410. The fourth-order valence-electron chi connectivity index (χ4n) is 3.86. The molecule has 2 aliphatic rings. The summed E-state index contributed by atoms with van der Waals surface area (Å²) in [6.45, 7) is 0.342. The predicted octanol–water partition coefficient (Wildman–Crippen LogP) is 0.116. The number of rotatable bonds is 7. The van der Waals surface area contributed by atoms with Gasteiger partial charge in [-0.1, -0.05) is 16.5 Å². The third-order valence-corrected chi connectivity index (χ3v) is 8.26. The van der Waals surface area contributed by atoms with Crippen molar-refractivity contribution in [2.75, 3.05) is 18.6 Å². The minimum Gasteiger partial charge on any atom is -0.477 e. The molecular weight excluding hydrogens is 502 g/mol. The number of hydrogen-bond donors (Lipinski definition) is 3. The van der Waals surface area contributed by atoms with E-state index in [1.165, 1.54) is 35.1 Å². The Hall–Kier alpha value is -3.43. The van der Waals surface area contributed by atoms with Gasteiger partial charge >= 0.3 is 10.9 Å². The molecule has 2 atom stereocenters. The van der Waals surface area contributed by atoms with Crippen LogP contribution in [0.4, 0.5) is 5.13 Å². The van der Waals surface area contributed by atoms with Gasteiger partial charge in [-0.25, -0.2) is 14.3 Å². The molecule has 2 amide bonds. The third-order valence-electron chi connectivity index (χ3n) is 5.33. The first-order chi connectivity index (χ1) is 16.4. The number of thioether (sulfide) groups is 1. The van der Waals surface area contributed by atoms with E-state index >= 15 is 0 Å². The second-order valence-electron chi connectivity index (χ2n) is 7.33. The number of nitrogens with zero attached hydrogens (tertiary/aromatic N) is 5. The first kappa shape index (κ1) is 22.4. The number of β-lactam (4-membered cyclic amide) rings is 1. The van der Waals surface area contributed by atoms with Crippen LogP contribution in [0.25, 0.3) is 4.96 Å². The topological polar surface area (TPSA) is 156 Å². The summed E-state index contributed by atoms with van der Waals surface area (Å²) in [6, 6.07) is -0.905. The number of carboxylic acids is 1. The second kappa shape index (κ2) is 8.73. The molecule has 4 N–H and O–H groups in total. The van der Waals surface area contributed by atoms with E-state index in [9.17, 15) is 19.5 Å². The third kappa shape index (κ3) is 3.70. The molecule has 176 valence electrons. The number of nitrogen functional groups attached to an aromatic ring is 1. The van der Waals surface area contributed by atoms with Crippen molar-refractivity contribution in [1.82, 2.24) is 19.6 Å². The van der Waals surface area contributed by atoms with E-state index in [0.29, 0.717) is 17.9 Å². The fourth-order valence-corrected chi connectivity index (χ4v) is 6.56. The summed E-state index contributed by atoms with van der Waals surface area (Å²) < 4.78 is 3.89. The molecule has 2 aliphatic heterocycles. The van der Waals surface area contributed by atoms with Gasteiger partial charge in [0.15, 0.2) is 10.8 Å². The van der Waals surface area contributed by atoms with Crippen molar-refractivity contribution in [3.05, 3.63) is 46.3 Å². The molecule has 15 heteroatoms. The number of carbonyl (C=O) groups excluding carboxylic acids is 2. The smallest absolute Gasteiger partial charge is 0.352 e. The van der Waals surface area contributed by atoms with Gasteiger partial charge in [0.05, 0.1) is 0 Å². The molecule has 3 aromatic rings. The van der Waals surface area contributed by atoms with Crippen LogP contribution in [-0.4, -0.2) is 67.2 Å². The SMILES string of the molecule is CO/N=C(\C(=O)N[C@@H]1C(=O)N2C(C(=O)O)=C(C[n+]3ccn4ccsc43)CS[C@@H]12)c1csc(N)n1. The molecule has 0 aliphatic carbocycles. The van der Waals surface area contributed by atoms with Crippen molar-refractivity contribution >= 4 is 68.0 Å². The van der Waals surface area contributed by atoms with Gasteiger partial charge in [0.2, 0.25) is 0 Å². The number of aliphatic carboxylic acids is 1. The Kier molecular flexibility index (Phi) is 5.75. The van der Waals surface area contributed by atoms with Crippen LogP contribution in [0.1, 0.15) is 5.69 Å². The molecule has 5 heterocycles. The molecule has 0 radical (unpaired) electrons. The Morgan fingerprint density at radius 3 is 2.94 bits per heavy atom. The van der Waals surface area contributed by atoms with Gasteiger partial charge in [-0.2, -0.15) is 4.40 Å². The molecule has 3 aromatic heterocycles. The first-order valence-corrected chi connectivity index (χ1v) is 12.7. The molecule has 0 spiro atoms. The van der Waals surface area contributed by atoms with Gasteiger partial charge < -0.3 is 21.0 Å². The molecular formula is C19H18N7O5S3+. The number of anilines is 1. The van der Waals surface area contributed by atoms with Crippen LogP contribution in [-0.2, 0) is 25.8 Å². The summed E-state index contributed by atoms with van der Waals surface area (Å²) in [5, 5.41) is 19.5. The lowest BCUT2D eigenvalue weighted by atomic mass is 10.0. The van der Waals surface area contributed by atoms with E-state index in [0.717, 1.165) is 16.3 Å². The number of oxime groups is 1. The number of aromatic nitrogens is 3. The Morgan fingerprint density at radius 2 is 2.24 bits per heavy atom. The molecule has 12 nitrogen and oxygen atoms in total. The average Bonchev–Trinajstić information content (AvgIpc) is 3.54. The highest BCUT2D eigenvalue weighted by molar-refractivity contribution is 8.00. The van der Waals surface area contributed by atoms with E-state index in [1.54, 1.807) is 5.38 Å². The maximum Gasteiger partial charge on any atom is 0.352 e. The van der Waals surface area contributed by atoms with Crippen molar-refractivity contribution in [1.29, 1.82) is 0 Å². The molecule has 0 saturated carbocycles. The average molecular weight is 521 g/mol. The van der Waals surface area contributed by atoms with E-state index in [1.807, 2.05) is 32.9 Å². The highest BCUT2D eigenvalue weighted by Crippen LogP contribution is 2.40. The monoisotopic (exact) mass is 520 g/mol. The second-order valence-corrected chi connectivity index (χ2v) is 10.2. The van der Waals surface area contributed by atoms with Gasteiger partial charge in [0.25, 0.3) is 11.8 Å². The van der Waals surface area contributed by atoms with Gasteiger partial charge in [-0.15, -0.1) is 23.1 Å². The molecule has 0 bridgehead atoms. The van der Waals surface area contributed by atoms with Crippen LogP contribution in [0.5, 0.6) is 0 Å². The zero-order valence-electron chi connectivity index (χ0n) is 17.6. The van der Waals surface area contributed by atoms with Crippen LogP contribution < -0.4 is 15.6 Å². The summed E-state index contributed by atoms with van der Waals surface area (Å²) in [7, 11) is 1.29. The molecule has 0 unspecified atom stereocenters. The van der Waals surface area contributed by atoms with Crippen LogP contribution in [0.3, 0.4) is 0 Å². The Bertz CT molecular complexity index is 1370. The summed E-state index contributed by atoms with van der Waals surface area (Å²) in [5.74, 6) is -1.94. The number of fused-ring (bicyclic) bond motifs is 2. The van der Waals surface area contributed by atoms with Crippen LogP contribution in [0.15, 0.2) is 45.8 Å². The van der Waals surface area contributed by atoms with E-state index in [4.69, 9.17) is 10.6 Å². The molecule has 1 saturated heterocycles. The quantitative estimate of drug-likeness (QED) is 0.172. The molecule has 34 heavy (non-hydrogen) atoms. The summed E-state index contributed by atoms with van der Waals surface area (Å²) >= 11 is 4.07. The van der Waals surface area contributed by atoms with E-state index in [-0.39, 0.29) is 22.2 Å². The maximum atomic E-state index is 13.0. The Balaban J connectivity index is 1.36. The number of hydrogen-bond acceptors (Lipinski definition) is 10. The number of nitrogens with two attached hydrogens (primary N) is 1. The summed E-state index contributed by atoms with van der Waals surface area (Å²) in [5.41, 5.74) is 6.32. The van der Waals surface area contributed by atoms with E-state index < -0.39 is 29.2 Å². The highest BCUT2D eigenvalue weighted by Gasteiger charge is 2.54. The van der Waals surface area contributed by atoms with Gasteiger partial charge in [0, 0.05) is 22.1 Å². The molecule has 1 fully saturated rings. The van der Waals surface area contributed by atoms with E-state index in [2.05, 4.69) is 15.5 Å². The number of carbonyl (C=O) groups is 3. The Morgan fingerprint density at radius 1 is 1.41 bits per heavy atom. The largest absolute Gasteiger partial charge is 0.477 e. The lowest BCUT2D eigenvalue weighted by molar-refractivity contribution is -0.660. The maximum absolute atomic E-state index is 13.0. The standard InChI is InChI=1S/C19H17N7O5S3/c1-31-23-11(10-8-34-18(20)21-10)14(27)22-12-15(28)26-13(17(29)30)9(7-33-16(12)26)6-25-3-2-24-4-5-32-19(24)25/h2-5,8,12,16H,6-7H2,1H3,(H3-,20,21,22,27,29,30)/p+1/b23-11-/t12-,16+/m1/s1. The van der Waals surface area contributed by atoms with Gasteiger partial charge in [-0.3, -0.25) is 14.5 Å². The normalized spacial score (nSPS) is 20.3. The predicted molar refractivity (Wildman–Crippen MR) is 125 cm³/mol. The van der Waals surface area contributed by atoms with Crippen molar-refractivity contribution < 1.29 is 28.9 Å². The van der Waals surface area contributed by atoms with Crippen molar-refractivity contribution in [2.24, 2.45) is 5.16 Å². The zero-order valence-corrected chi connectivity index (χ0v) is 20.0. The zero-order chi connectivity index (χ0) is 24.0. The van der Waals surface area contributed by atoms with Crippen molar-refractivity contribution in [3.8, 4) is 0 Å². The Labute approximate surface area is 204 Å². The van der Waals surface area contributed by atoms with Gasteiger partial charge in [-0.05, 0) is 0 Å². The lowest BCUT2D eigenvalue weighted by Crippen LogP contribution is -2.71. The van der Waals surface area contributed by atoms with Crippen LogP contribution in [0.2, 0.25) is 0 Å². The summed E-state index contributed by atoms with van der Waals surface area (Å²) in [4.78, 5) is 48.9. The lowest BCUT2D eigenvalue weighted by Gasteiger charge is -2.49. The van der Waals surface area contributed by atoms with Crippen LogP contribution >= 0.6 is 34.4 Å². The number of imidazole rings is 1. The van der Waals surface area contributed by atoms with Crippen LogP contribution in [0, 0.1) is 0 Å². The fraction of sp³-hybridized carbons (Fsp3) is 0.263. The minimum atomic E-state index is -1.18. The molecule has 0 aromatic carbocycles. The van der Waals surface area contributed by atoms with Crippen molar-refractivity contribution in [2.45, 2.75) is 18.0 Å². The summed E-state index contributed by atoms with van der Waals surface area (Å²) in [6.07, 6.45) is 5.68. The van der Waals surface area contributed by atoms with Gasteiger partial charge in [0.1, 0.15) is 55.1 Å². The number of thiazole rings is 2.